The van der Waals surface area contributed by atoms with E-state index in [0.29, 0.717) is 0 Å². The zero-order valence-electron chi connectivity index (χ0n) is 8.69. The van der Waals surface area contributed by atoms with Gasteiger partial charge in [0.1, 0.15) is 0 Å². The zero-order valence-corrected chi connectivity index (χ0v) is 8.69. The molecule has 0 radical (unpaired) electrons. The minimum atomic E-state index is 0.886. The van der Waals surface area contributed by atoms with E-state index in [1.54, 1.807) is 5.57 Å². The summed E-state index contributed by atoms with van der Waals surface area (Å²) in [6.45, 7) is 5.85. The molecule has 1 aliphatic heterocycles. The fourth-order valence-corrected chi connectivity index (χ4v) is 2.27. The molecule has 1 heterocycles. The number of allylic oxidation sites excluding steroid dienone is 1. The van der Waals surface area contributed by atoms with Gasteiger partial charge in [-0.15, -0.1) is 0 Å². The van der Waals surface area contributed by atoms with Gasteiger partial charge in [0, 0.05) is 12.2 Å². The second kappa shape index (κ2) is 3.70. The quantitative estimate of drug-likeness (QED) is 0.597. The third-order valence-electron chi connectivity index (χ3n) is 3.69. The minimum absolute atomic E-state index is 0.886. The van der Waals surface area contributed by atoms with E-state index in [4.69, 9.17) is 0 Å². The van der Waals surface area contributed by atoms with Gasteiger partial charge >= 0.3 is 0 Å². The van der Waals surface area contributed by atoms with Crippen LogP contribution in [0.25, 0.3) is 0 Å². The first-order valence-electron chi connectivity index (χ1n) is 5.47. The van der Waals surface area contributed by atoms with E-state index in [-0.39, 0.29) is 0 Å². The molecule has 0 saturated heterocycles. The van der Waals surface area contributed by atoms with Gasteiger partial charge in [-0.2, -0.15) is 0 Å². The molecule has 0 aromatic heterocycles. The molecule has 0 aromatic carbocycles. The Kier molecular flexibility index (Phi) is 2.58. The molecule has 2 atom stereocenters. The number of rotatable bonds is 0. The van der Waals surface area contributed by atoms with E-state index >= 15 is 0 Å². The van der Waals surface area contributed by atoms with E-state index in [1.807, 2.05) is 0 Å². The van der Waals surface area contributed by atoms with Crippen LogP contribution in [0.1, 0.15) is 39.5 Å². The summed E-state index contributed by atoms with van der Waals surface area (Å²) in [4.78, 5) is 0. The normalized spacial score (nSPS) is 34.9. The Morgan fingerprint density at radius 3 is 2.54 bits per heavy atom. The Labute approximate surface area is 80.8 Å². The fourth-order valence-electron chi connectivity index (χ4n) is 2.27. The number of hydrazine groups is 1. The van der Waals surface area contributed by atoms with E-state index < -0.39 is 0 Å². The Balaban J connectivity index is 2.06. The highest BCUT2D eigenvalue weighted by molar-refractivity contribution is 5.18. The Hall–Kier alpha value is -0.500. The summed E-state index contributed by atoms with van der Waals surface area (Å²) in [7, 11) is 0. The second-order valence-corrected chi connectivity index (χ2v) is 4.59. The van der Waals surface area contributed by atoms with Crippen LogP contribution < -0.4 is 10.9 Å². The highest BCUT2D eigenvalue weighted by atomic mass is 15.4. The van der Waals surface area contributed by atoms with Crippen LogP contribution in [0.5, 0.6) is 0 Å². The maximum absolute atomic E-state index is 3.29. The molecule has 2 aliphatic rings. The smallest absolute Gasteiger partial charge is 0.0378 e. The summed E-state index contributed by atoms with van der Waals surface area (Å²) in [5.41, 5.74) is 9.63. The lowest BCUT2D eigenvalue weighted by molar-refractivity contribution is 0.335. The molecule has 2 heteroatoms. The molecule has 0 spiro atoms. The molecular formula is C11H20N2. The minimum Gasteiger partial charge on any atom is -0.325 e. The lowest BCUT2D eigenvalue weighted by Crippen LogP contribution is -2.24. The average Bonchev–Trinajstić information content (AvgIpc) is 2.55. The van der Waals surface area contributed by atoms with Crippen molar-refractivity contribution in [1.29, 1.82) is 0 Å². The third-order valence-corrected chi connectivity index (χ3v) is 3.69. The van der Waals surface area contributed by atoms with Crippen LogP contribution >= 0.6 is 0 Å². The van der Waals surface area contributed by atoms with Gasteiger partial charge in [-0.25, -0.2) is 5.43 Å². The van der Waals surface area contributed by atoms with E-state index in [2.05, 4.69) is 24.7 Å². The molecule has 2 N–H and O–H groups in total. The average molecular weight is 180 g/mol. The van der Waals surface area contributed by atoms with Gasteiger partial charge in [0.25, 0.3) is 0 Å². The molecule has 1 aliphatic carbocycles. The molecule has 0 aromatic rings. The molecule has 0 bridgehead atoms. The zero-order chi connectivity index (χ0) is 9.26. The van der Waals surface area contributed by atoms with Crippen LogP contribution in [0.4, 0.5) is 0 Å². The second-order valence-electron chi connectivity index (χ2n) is 4.59. The van der Waals surface area contributed by atoms with Gasteiger partial charge in [0.05, 0.1) is 0 Å². The van der Waals surface area contributed by atoms with Crippen molar-refractivity contribution in [3.63, 3.8) is 0 Å². The van der Waals surface area contributed by atoms with Crippen molar-refractivity contribution in [3.8, 4) is 0 Å². The maximum Gasteiger partial charge on any atom is 0.0378 e. The number of hydrogen-bond donors (Lipinski definition) is 2. The summed E-state index contributed by atoms with van der Waals surface area (Å²) in [5, 5.41) is 0. The first-order chi connectivity index (χ1) is 6.27. The molecular weight excluding hydrogens is 160 g/mol. The maximum atomic E-state index is 3.29. The van der Waals surface area contributed by atoms with Crippen LogP contribution in [-0.2, 0) is 0 Å². The van der Waals surface area contributed by atoms with Gasteiger partial charge in [-0.3, -0.25) is 0 Å². The molecule has 2 rings (SSSR count). The van der Waals surface area contributed by atoms with Crippen molar-refractivity contribution in [2.45, 2.75) is 39.5 Å². The first-order valence-corrected chi connectivity index (χ1v) is 5.47. The third kappa shape index (κ3) is 1.88. The molecule has 0 fully saturated rings. The summed E-state index contributed by atoms with van der Waals surface area (Å²) < 4.78 is 0. The van der Waals surface area contributed by atoms with Crippen LogP contribution in [0, 0.1) is 11.8 Å². The molecule has 2 unspecified atom stereocenters. The van der Waals surface area contributed by atoms with Crippen LogP contribution in [0.2, 0.25) is 0 Å². The van der Waals surface area contributed by atoms with Crippen molar-refractivity contribution in [2.75, 3.05) is 6.54 Å². The Bertz CT molecular complexity index is 198. The van der Waals surface area contributed by atoms with Gasteiger partial charge in [-0.05, 0) is 43.1 Å². The predicted octanol–water partition coefficient (Wildman–Crippen LogP) is 2.19. The standard InChI is InChI=1S/C11H20N2/c1-8-3-5-10-7-12-13-11(10)6-4-9(8)2/h8-9,12-13H,3-7H2,1-2H3. The molecule has 2 nitrogen and oxygen atoms in total. The lowest BCUT2D eigenvalue weighted by Gasteiger charge is -2.23. The molecule has 13 heavy (non-hydrogen) atoms. The van der Waals surface area contributed by atoms with Gasteiger partial charge in [-0.1, -0.05) is 13.8 Å². The Morgan fingerprint density at radius 1 is 1.08 bits per heavy atom. The summed E-state index contributed by atoms with van der Waals surface area (Å²) in [6, 6.07) is 0. The predicted molar refractivity (Wildman–Crippen MR) is 55.0 cm³/mol. The molecule has 0 saturated carbocycles. The molecule has 74 valence electrons. The van der Waals surface area contributed by atoms with Crippen molar-refractivity contribution in [3.05, 3.63) is 11.3 Å². The van der Waals surface area contributed by atoms with Crippen molar-refractivity contribution in [2.24, 2.45) is 11.8 Å². The SMILES string of the molecule is CC1CCC2=C(CCC1C)NNC2. The van der Waals surface area contributed by atoms with Crippen molar-refractivity contribution in [1.82, 2.24) is 10.9 Å². The van der Waals surface area contributed by atoms with Crippen molar-refractivity contribution < 1.29 is 0 Å². The van der Waals surface area contributed by atoms with Crippen LogP contribution in [0.3, 0.4) is 0 Å². The number of hydrogen-bond acceptors (Lipinski definition) is 2. The fraction of sp³-hybridized carbons (Fsp3) is 0.818. The highest BCUT2D eigenvalue weighted by Gasteiger charge is 2.21. The lowest BCUT2D eigenvalue weighted by atomic mass is 9.83. The van der Waals surface area contributed by atoms with E-state index in [1.165, 1.54) is 31.4 Å². The molecule has 0 amide bonds. The first kappa shape index (κ1) is 9.07. The summed E-state index contributed by atoms with van der Waals surface area (Å²) in [6.07, 6.45) is 5.24. The van der Waals surface area contributed by atoms with Crippen LogP contribution in [-0.4, -0.2) is 6.54 Å². The van der Waals surface area contributed by atoms with Gasteiger partial charge in [0.15, 0.2) is 0 Å². The van der Waals surface area contributed by atoms with Crippen LogP contribution in [0.15, 0.2) is 11.3 Å². The van der Waals surface area contributed by atoms with E-state index in [0.717, 1.165) is 18.4 Å². The van der Waals surface area contributed by atoms with Gasteiger partial charge < -0.3 is 5.43 Å². The summed E-state index contributed by atoms with van der Waals surface area (Å²) in [5.74, 6) is 1.78. The Morgan fingerprint density at radius 2 is 1.77 bits per heavy atom. The summed E-state index contributed by atoms with van der Waals surface area (Å²) >= 11 is 0. The monoisotopic (exact) mass is 180 g/mol. The topological polar surface area (TPSA) is 24.1 Å². The number of nitrogens with one attached hydrogen (secondary N) is 2. The van der Waals surface area contributed by atoms with Crippen molar-refractivity contribution >= 4 is 0 Å². The largest absolute Gasteiger partial charge is 0.325 e. The van der Waals surface area contributed by atoms with Gasteiger partial charge in [0.2, 0.25) is 0 Å². The van der Waals surface area contributed by atoms with E-state index in [9.17, 15) is 0 Å². The highest BCUT2D eigenvalue weighted by Crippen LogP contribution is 2.30.